The third kappa shape index (κ3) is 3.00. The molecule has 1 aromatic carbocycles. The van der Waals surface area contributed by atoms with E-state index in [0.717, 1.165) is 21.9 Å². The first-order valence-corrected chi connectivity index (χ1v) is 8.65. The first-order valence-electron chi connectivity index (χ1n) is 6.87. The summed E-state index contributed by atoms with van der Waals surface area (Å²) in [7, 11) is 0. The van der Waals surface area contributed by atoms with Gasteiger partial charge in [0.2, 0.25) is 0 Å². The number of benzene rings is 1. The van der Waals surface area contributed by atoms with Crippen molar-refractivity contribution in [3.05, 3.63) is 28.2 Å². The Morgan fingerprint density at radius 2 is 2.11 bits per heavy atom. The molecule has 4 heteroatoms. The minimum atomic E-state index is 0.518. The van der Waals surface area contributed by atoms with Gasteiger partial charge in [0.15, 0.2) is 5.17 Å². The van der Waals surface area contributed by atoms with Gasteiger partial charge in [-0.2, -0.15) is 0 Å². The number of hydrogen-bond donors (Lipinski definition) is 1. The number of anilines is 1. The average molecular weight is 339 g/mol. The Kier molecular flexibility index (Phi) is 3.90. The van der Waals surface area contributed by atoms with Crippen LogP contribution in [0.2, 0.25) is 0 Å². The first kappa shape index (κ1) is 13.5. The van der Waals surface area contributed by atoms with E-state index in [1.54, 1.807) is 0 Å². The van der Waals surface area contributed by atoms with Gasteiger partial charge >= 0.3 is 0 Å². The minimum Gasteiger partial charge on any atom is -0.335 e. The van der Waals surface area contributed by atoms with Crippen LogP contribution >= 0.6 is 27.7 Å². The lowest BCUT2D eigenvalue weighted by molar-refractivity contribution is 0.359. The quantitative estimate of drug-likeness (QED) is 0.792. The van der Waals surface area contributed by atoms with Crippen LogP contribution in [0.15, 0.2) is 27.7 Å². The van der Waals surface area contributed by atoms with Crippen LogP contribution in [0.3, 0.4) is 0 Å². The standard InChI is InChI=1S/C15H19BrN2S/c1-11-8-12(16)4-5-13(11)18-14-17-9-15(10-19-14)6-2-3-7-15/h4-5,8H,2-3,6-7,9-10H2,1H3,(H,17,18). The Balaban J connectivity index is 1.69. The molecule has 3 rings (SSSR count). The Hall–Kier alpha value is -0.480. The second-order valence-corrected chi connectivity index (χ2v) is 7.58. The van der Waals surface area contributed by atoms with Crippen LogP contribution in [0, 0.1) is 12.3 Å². The number of halogens is 1. The molecular weight excluding hydrogens is 320 g/mol. The summed E-state index contributed by atoms with van der Waals surface area (Å²) in [4.78, 5) is 4.78. The molecule has 102 valence electrons. The van der Waals surface area contributed by atoms with Crippen molar-refractivity contribution in [2.75, 3.05) is 17.6 Å². The third-order valence-electron chi connectivity index (χ3n) is 4.17. The molecule has 0 bridgehead atoms. The lowest BCUT2D eigenvalue weighted by atomic mass is 9.89. The van der Waals surface area contributed by atoms with Gasteiger partial charge in [-0.15, -0.1) is 0 Å². The van der Waals surface area contributed by atoms with Crippen molar-refractivity contribution in [2.24, 2.45) is 10.4 Å². The molecule has 0 amide bonds. The van der Waals surface area contributed by atoms with Crippen LogP contribution < -0.4 is 5.32 Å². The van der Waals surface area contributed by atoms with Crippen molar-refractivity contribution in [3.8, 4) is 0 Å². The molecular formula is C15H19BrN2S. The summed E-state index contributed by atoms with van der Waals surface area (Å²) in [5.74, 6) is 1.23. The normalized spacial score (nSPS) is 21.5. The minimum absolute atomic E-state index is 0.518. The molecule has 19 heavy (non-hydrogen) atoms. The smallest absolute Gasteiger partial charge is 0.161 e. The van der Waals surface area contributed by atoms with Crippen molar-refractivity contribution in [1.29, 1.82) is 0 Å². The molecule has 0 aromatic heterocycles. The fraction of sp³-hybridized carbons (Fsp3) is 0.533. The zero-order valence-corrected chi connectivity index (χ0v) is 13.6. The monoisotopic (exact) mass is 338 g/mol. The van der Waals surface area contributed by atoms with E-state index in [1.807, 2.05) is 11.8 Å². The Labute approximate surface area is 127 Å². The lowest BCUT2D eigenvalue weighted by Gasteiger charge is -2.31. The van der Waals surface area contributed by atoms with Gasteiger partial charge < -0.3 is 5.32 Å². The van der Waals surface area contributed by atoms with Gasteiger partial charge in [0.05, 0.1) is 0 Å². The number of aliphatic imine (C=N–C) groups is 1. The van der Waals surface area contributed by atoms with Gasteiger partial charge in [0, 0.05) is 22.5 Å². The van der Waals surface area contributed by atoms with Crippen molar-refractivity contribution in [2.45, 2.75) is 32.6 Å². The number of hydrogen-bond acceptors (Lipinski definition) is 3. The molecule has 1 fully saturated rings. The third-order valence-corrected chi connectivity index (χ3v) is 5.92. The summed E-state index contributed by atoms with van der Waals surface area (Å²) in [6.45, 7) is 3.14. The Morgan fingerprint density at radius 3 is 2.74 bits per heavy atom. The van der Waals surface area contributed by atoms with E-state index in [1.165, 1.54) is 37.0 Å². The van der Waals surface area contributed by atoms with E-state index >= 15 is 0 Å². The molecule has 1 aliphatic carbocycles. The Bertz CT molecular complexity index is 507. The van der Waals surface area contributed by atoms with Crippen LogP contribution in [-0.4, -0.2) is 17.5 Å². The van der Waals surface area contributed by atoms with Gasteiger partial charge in [0.1, 0.15) is 0 Å². The molecule has 1 aromatic rings. The van der Waals surface area contributed by atoms with Crippen LogP contribution in [0.25, 0.3) is 0 Å². The molecule has 2 aliphatic rings. The molecule has 2 nitrogen and oxygen atoms in total. The summed E-state index contributed by atoms with van der Waals surface area (Å²) in [5.41, 5.74) is 2.93. The van der Waals surface area contributed by atoms with Gasteiger partial charge in [-0.1, -0.05) is 40.5 Å². The maximum atomic E-state index is 4.78. The maximum absolute atomic E-state index is 4.78. The summed E-state index contributed by atoms with van der Waals surface area (Å²) < 4.78 is 1.12. The van der Waals surface area contributed by atoms with E-state index in [0.29, 0.717) is 5.41 Å². The number of nitrogens with one attached hydrogen (secondary N) is 1. The van der Waals surface area contributed by atoms with Gasteiger partial charge in [-0.25, -0.2) is 0 Å². The van der Waals surface area contributed by atoms with Crippen LogP contribution in [-0.2, 0) is 0 Å². The van der Waals surface area contributed by atoms with Gasteiger partial charge in [0.25, 0.3) is 0 Å². The van der Waals surface area contributed by atoms with Crippen LogP contribution in [0.5, 0.6) is 0 Å². The highest BCUT2D eigenvalue weighted by Crippen LogP contribution is 2.43. The second-order valence-electron chi connectivity index (χ2n) is 5.70. The lowest BCUT2D eigenvalue weighted by Crippen LogP contribution is -2.30. The molecule has 1 heterocycles. The zero-order chi connectivity index (χ0) is 13.3. The average Bonchev–Trinajstić information content (AvgIpc) is 2.84. The predicted octanol–water partition coefficient (Wildman–Crippen LogP) is 4.83. The molecule has 1 aliphatic heterocycles. The van der Waals surface area contributed by atoms with Crippen molar-refractivity contribution < 1.29 is 0 Å². The summed E-state index contributed by atoms with van der Waals surface area (Å²) in [6, 6.07) is 6.32. The van der Waals surface area contributed by atoms with E-state index in [9.17, 15) is 0 Å². The SMILES string of the molecule is Cc1cc(Br)ccc1NC1=NCC2(CCCC2)CS1. The highest BCUT2D eigenvalue weighted by atomic mass is 79.9. The number of amidine groups is 1. The topological polar surface area (TPSA) is 24.4 Å². The fourth-order valence-corrected chi connectivity index (χ4v) is 4.57. The molecule has 1 saturated carbocycles. The van der Waals surface area contributed by atoms with Crippen molar-refractivity contribution in [3.63, 3.8) is 0 Å². The molecule has 0 atom stereocenters. The molecule has 1 spiro atoms. The first-order chi connectivity index (χ1) is 9.17. The molecule has 0 radical (unpaired) electrons. The number of nitrogens with zero attached hydrogens (tertiary/aromatic N) is 1. The summed E-state index contributed by atoms with van der Waals surface area (Å²) >= 11 is 5.39. The van der Waals surface area contributed by atoms with E-state index in [2.05, 4.69) is 46.4 Å². The van der Waals surface area contributed by atoms with Gasteiger partial charge in [-0.3, -0.25) is 4.99 Å². The van der Waals surface area contributed by atoms with Crippen LogP contribution in [0.1, 0.15) is 31.2 Å². The predicted molar refractivity (Wildman–Crippen MR) is 88.2 cm³/mol. The fourth-order valence-electron chi connectivity index (χ4n) is 2.94. The number of rotatable bonds is 1. The van der Waals surface area contributed by atoms with E-state index in [-0.39, 0.29) is 0 Å². The largest absolute Gasteiger partial charge is 0.335 e. The highest BCUT2D eigenvalue weighted by molar-refractivity contribution is 9.10. The van der Waals surface area contributed by atoms with Crippen LogP contribution in [0.4, 0.5) is 5.69 Å². The number of aryl methyl sites for hydroxylation is 1. The summed E-state index contributed by atoms with van der Waals surface area (Å²) in [6.07, 6.45) is 5.53. The van der Waals surface area contributed by atoms with Crippen molar-refractivity contribution >= 4 is 38.5 Å². The molecule has 0 saturated heterocycles. The van der Waals surface area contributed by atoms with Gasteiger partial charge in [-0.05, 0) is 48.9 Å². The number of thioether (sulfide) groups is 1. The van der Waals surface area contributed by atoms with E-state index < -0.39 is 0 Å². The maximum Gasteiger partial charge on any atom is 0.161 e. The van der Waals surface area contributed by atoms with Crippen molar-refractivity contribution in [1.82, 2.24) is 0 Å². The van der Waals surface area contributed by atoms with E-state index in [4.69, 9.17) is 4.99 Å². The Morgan fingerprint density at radius 1 is 1.32 bits per heavy atom. The zero-order valence-electron chi connectivity index (χ0n) is 11.2. The summed E-state index contributed by atoms with van der Waals surface area (Å²) in [5, 5.41) is 4.56. The molecule has 1 N–H and O–H groups in total. The highest BCUT2D eigenvalue weighted by Gasteiger charge is 2.36. The molecule has 0 unspecified atom stereocenters. The second kappa shape index (κ2) is 5.49.